The largest absolute Gasteiger partial charge is 0.312 e. The second-order valence-electron chi connectivity index (χ2n) is 5.08. The van der Waals surface area contributed by atoms with E-state index in [1.807, 2.05) is 0 Å². The molecule has 1 rings (SSSR count). The Morgan fingerprint density at radius 3 is 2.31 bits per heavy atom. The van der Waals surface area contributed by atoms with Crippen LogP contribution in [0, 0.1) is 12.3 Å². The minimum Gasteiger partial charge on any atom is -0.312 e. The Hall–Kier alpha value is -1.04. The third-order valence-electron chi connectivity index (χ3n) is 2.60. The molecule has 0 saturated carbocycles. The SMILES string of the molecule is C#CCCNCc1ccc([Si](C)(C)C)cc1. The zero-order valence-electron chi connectivity index (χ0n) is 10.5. The Kier molecular flexibility index (Phi) is 4.79. The summed E-state index contributed by atoms with van der Waals surface area (Å²) in [6.07, 6.45) is 5.99. The van der Waals surface area contributed by atoms with Crippen molar-refractivity contribution in [1.29, 1.82) is 0 Å². The minimum absolute atomic E-state index is 0.799. The molecule has 0 bridgehead atoms. The lowest BCUT2D eigenvalue weighted by atomic mass is 10.2. The summed E-state index contributed by atoms with van der Waals surface area (Å²) in [5.41, 5.74) is 1.33. The summed E-state index contributed by atoms with van der Waals surface area (Å²) < 4.78 is 0. The quantitative estimate of drug-likeness (QED) is 0.466. The molecule has 2 heteroatoms. The van der Waals surface area contributed by atoms with Crippen LogP contribution in [-0.2, 0) is 6.54 Å². The third kappa shape index (κ3) is 4.22. The van der Waals surface area contributed by atoms with Gasteiger partial charge in [0.1, 0.15) is 0 Å². The van der Waals surface area contributed by atoms with Crippen molar-refractivity contribution in [2.75, 3.05) is 6.54 Å². The van der Waals surface area contributed by atoms with Crippen LogP contribution in [0.1, 0.15) is 12.0 Å². The molecule has 0 heterocycles. The summed E-state index contributed by atoms with van der Waals surface area (Å²) >= 11 is 0. The number of hydrogen-bond donors (Lipinski definition) is 1. The molecule has 0 unspecified atom stereocenters. The minimum atomic E-state index is -1.15. The average molecular weight is 231 g/mol. The van der Waals surface area contributed by atoms with Crippen LogP contribution in [0.25, 0.3) is 0 Å². The molecule has 86 valence electrons. The first-order valence-electron chi connectivity index (χ1n) is 5.77. The molecule has 1 aromatic rings. The van der Waals surface area contributed by atoms with E-state index in [2.05, 4.69) is 55.1 Å². The van der Waals surface area contributed by atoms with Crippen molar-refractivity contribution in [3.8, 4) is 12.3 Å². The summed E-state index contributed by atoms with van der Waals surface area (Å²) in [6, 6.07) is 8.97. The molecular weight excluding hydrogens is 210 g/mol. The van der Waals surface area contributed by atoms with Crippen LogP contribution >= 0.6 is 0 Å². The monoisotopic (exact) mass is 231 g/mol. The molecule has 0 fully saturated rings. The van der Waals surface area contributed by atoms with E-state index in [9.17, 15) is 0 Å². The van der Waals surface area contributed by atoms with E-state index in [0.717, 1.165) is 19.5 Å². The molecule has 1 N–H and O–H groups in total. The maximum atomic E-state index is 5.19. The number of terminal acetylenes is 1. The van der Waals surface area contributed by atoms with Crippen molar-refractivity contribution in [1.82, 2.24) is 5.32 Å². The van der Waals surface area contributed by atoms with Crippen molar-refractivity contribution in [2.24, 2.45) is 0 Å². The van der Waals surface area contributed by atoms with Gasteiger partial charge in [0.05, 0.1) is 8.07 Å². The van der Waals surface area contributed by atoms with E-state index in [1.54, 1.807) is 0 Å². The highest BCUT2D eigenvalue weighted by atomic mass is 28.3. The summed E-state index contributed by atoms with van der Waals surface area (Å²) in [6.45, 7) is 8.91. The standard InChI is InChI=1S/C14H21NSi/c1-5-6-11-15-12-13-7-9-14(10-8-13)16(2,3)4/h1,7-10,15H,6,11-12H2,2-4H3. The van der Waals surface area contributed by atoms with E-state index >= 15 is 0 Å². The maximum Gasteiger partial charge on any atom is 0.0775 e. The van der Waals surface area contributed by atoms with Gasteiger partial charge < -0.3 is 5.32 Å². The Balaban J connectivity index is 2.49. The zero-order valence-corrected chi connectivity index (χ0v) is 11.5. The molecule has 0 saturated heterocycles. The predicted octanol–water partition coefficient (Wildman–Crippen LogP) is 2.34. The first-order chi connectivity index (χ1) is 7.54. The molecular formula is C14H21NSi. The predicted molar refractivity (Wildman–Crippen MR) is 74.6 cm³/mol. The normalized spacial score (nSPS) is 11.1. The van der Waals surface area contributed by atoms with E-state index in [1.165, 1.54) is 10.8 Å². The molecule has 0 aliphatic heterocycles. The maximum absolute atomic E-state index is 5.19. The molecule has 0 aromatic heterocycles. The first-order valence-corrected chi connectivity index (χ1v) is 9.27. The van der Waals surface area contributed by atoms with Crippen LogP contribution in [0.5, 0.6) is 0 Å². The Morgan fingerprint density at radius 1 is 1.19 bits per heavy atom. The van der Waals surface area contributed by atoms with E-state index < -0.39 is 8.07 Å². The summed E-state index contributed by atoms with van der Waals surface area (Å²) in [5, 5.41) is 4.84. The fourth-order valence-corrected chi connectivity index (χ4v) is 2.68. The van der Waals surface area contributed by atoms with Crippen molar-refractivity contribution in [2.45, 2.75) is 32.6 Å². The van der Waals surface area contributed by atoms with Gasteiger partial charge in [0.15, 0.2) is 0 Å². The van der Waals surface area contributed by atoms with Gasteiger partial charge in [0.25, 0.3) is 0 Å². The van der Waals surface area contributed by atoms with Gasteiger partial charge in [0.2, 0.25) is 0 Å². The Morgan fingerprint density at radius 2 is 1.81 bits per heavy atom. The molecule has 0 spiro atoms. The molecule has 0 radical (unpaired) electrons. The van der Waals surface area contributed by atoms with Crippen molar-refractivity contribution in [3.63, 3.8) is 0 Å². The lowest BCUT2D eigenvalue weighted by Gasteiger charge is -2.16. The second-order valence-corrected chi connectivity index (χ2v) is 10.2. The number of rotatable bonds is 5. The van der Waals surface area contributed by atoms with Crippen LogP contribution in [0.3, 0.4) is 0 Å². The lowest BCUT2D eigenvalue weighted by molar-refractivity contribution is 0.701. The van der Waals surface area contributed by atoms with Gasteiger partial charge in [-0.1, -0.05) is 49.1 Å². The molecule has 0 atom stereocenters. The van der Waals surface area contributed by atoms with Gasteiger partial charge in [-0.15, -0.1) is 12.3 Å². The molecule has 1 aromatic carbocycles. The van der Waals surface area contributed by atoms with Gasteiger partial charge in [-0.05, 0) is 5.56 Å². The average Bonchev–Trinajstić information content (AvgIpc) is 2.24. The van der Waals surface area contributed by atoms with Gasteiger partial charge in [-0.3, -0.25) is 0 Å². The summed E-state index contributed by atoms with van der Waals surface area (Å²) in [4.78, 5) is 0. The van der Waals surface area contributed by atoms with Gasteiger partial charge in [-0.2, -0.15) is 0 Å². The molecule has 0 amide bonds. The topological polar surface area (TPSA) is 12.0 Å². The number of nitrogens with one attached hydrogen (secondary N) is 1. The Bertz CT molecular complexity index is 354. The second kappa shape index (κ2) is 5.88. The molecule has 16 heavy (non-hydrogen) atoms. The van der Waals surface area contributed by atoms with E-state index in [4.69, 9.17) is 6.42 Å². The van der Waals surface area contributed by atoms with Crippen LogP contribution in [0.4, 0.5) is 0 Å². The van der Waals surface area contributed by atoms with Gasteiger partial charge in [0, 0.05) is 19.5 Å². The highest BCUT2D eigenvalue weighted by Crippen LogP contribution is 2.04. The van der Waals surface area contributed by atoms with Gasteiger partial charge >= 0.3 is 0 Å². The molecule has 0 aliphatic carbocycles. The van der Waals surface area contributed by atoms with Crippen LogP contribution < -0.4 is 10.5 Å². The van der Waals surface area contributed by atoms with Gasteiger partial charge in [-0.25, -0.2) is 0 Å². The fraction of sp³-hybridized carbons (Fsp3) is 0.429. The first kappa shape index (κ1) is 13.0. The molecule has 0 aliphatic rings. The summed E-state index contributed by atoms with van der Waals surface area (Å²) in [7, 11) is -1.15. The van der Waals surface area contributed by atoms with Crippen molar-refractivity contribution < 1.29 is 0 Å². The zero-order chi connectivity index (χ0) is 12.0. The highest BCUT2D eigenvalue weighted by Gasteiger charge is 2.15. The van der Waals surface area contributed by atoms with Crippen LogP contribution in [0.15, 0.2) is 24.3 Å². The molecule has 1 nitrogen and oxygen atoms in total. The van der Waals surface area contributed by atoms with E-state index in [0.29, 0.717) is 0 Å². The fourth-order valence-electron chi connectivity index (χ4n) is 1.52. The summed E-state index contributed by atoms with van der Waals surface area (Å²) in [5.74, 6) is 2.63. The van der Waals surface area contributed by atoms with Crippen molar-refractivity contribution in [3.05, 3.63) is 29.8 Å². The van der Waals surface area contributed by atoms with Crippen LogP contribution in [-0.4, -0.2) is 14.6 Å². The Labute approximate surface area is 100 Å². The lowest BCUT2D eigenvalue weighted by Crippen LogP contribution is -2.37. The highest BCUT2D eigenvalue weighted by molar-refractivity contribution is 6.88. The number of hydrogen-bond acceptors (Lipinski definition) is 1. The number of benzene rings is 1. The van der Waals surface area contributed by atoms with E-state index in [-0.39, 0.29) is 0 Å². The third-order valence-corrected chi connectivity index (χ3v) is 4.66. The van der Waals surface area contributed by atoms with Crippen molar-refractivity contribution >= 4 is 13.3 Å². The van der Waals surface area contributed by atoms with Crippen LogP contribution in [0.2, 0.25) is 19.6 Å². The smallest absolute Gasteiger partial charge is 0.0775 e.